The van der Waals surface area contributed by atoms with E-state index in [2.05, 4.69) is 5.16 Å². The first-order valence-corrected chi connectivity index (χ1v) is 6.31. The monoisotopic (exact) mass is 244 g/mol. The van der Waals surface area contributed by atoms with Crippen LogP contribution in [0.1, 0.15) is 24.8 Å². The Kier molecular flexibility index (Phi) is 2.58. The minimum atomic E-state index is -0.469. The first-order valence-electron chi connectivity index (χ1n) is 6.31. The normalized spacial score (nSPS) is 23.7. The Labute approximate surface area is 106 Å². The minimum Gasteiger partial charge on any atom is -0.411 e. The van der Waals surface area contributed by atoms with Crippen LogP contribution in [0.2, 0.25) is 0 Å². The molecule has 1 aliphatic carbocycles. The number of carbonyl (C=O) groups excluding carboxylic acids is 1. The van der Waals surface area contributed by atoms with Crippen molar-refractivity contribution in [3.63, 3.8) is 0 Å². The Bertz CT molecular complexity index is 492. The third-order valence-electron chi connectivity index (χ3n) is 4.13. The lowest BCUT2D eigenvalue weighted by Gasteiger charge is -2.35. The third-order valence-corrected chi connectivity index (χ3v) is 4.13. The molecular formula is C14H16N2O2. The van der Waals surface area contributed by atoms with Crippen LogP contribution in [0.5, 0.6) is 0 Å². The average Bonchev–Trinajstić information content (AvgIpc) is 2.63. The summed E-state index contributed by atoms with van der Waals surface area (Å²) in [6, 6.07) is 9.92. The topological polar surface area (TPSA) is 52.9 Å². The van der Waals surface area contributed by atoms with Crippen LogP contribution in [0.25, 0.3) is 0 Å². The highest BCUT2D eigenvalue weighted by atomic mass is 16.4. The zero-order valence-electron chi connectivity index (χ0n) is 10.2. The van der Waals surface area contributed by atoms with Crippen molar-refractivity contribution < 1.29 is 10.0 Å². The molecule has 1 N–H and O–H groups in total. The summed E-state index contributed by atoms with van der Waals surface area (Å²) < 4.78 is 0. The molecule has 0 unspecified atom stereocenters. The molecule has 0 aromatic heterocycles. The summed E-state index contributed by atoms with van der Waals surface area (Å²) in [5.74, 6) is 0.130. The van der Waals surface area contributed by atoms with E-state index in [0.29, 0.717) is 18.8 Å². The van der Waals surface area contributed by atoms with E-state index in [4.69, 9.17) is 5.21 Å². The molecule has 1 saturated heterocycles. The van der Waals surface area contributed by atoms with Crippen LogP contribution in [-0.2, 0) is 11.3 Å². The second-order valence-electron chi connectivity index (χ2n) is 5.13. The van der Waals surface area contributed by atoms with Gasteiger partial charge in [0, 0.05) is 6.54 Å². The van der Waals surface area contributed by atoms with Gasteiger partial charge in [-0.2, -0.15) is 0 Å². The van der Waals surface area contributed by atoms with Crippen molar-refractivity contribution in [2.45, 2.75) is 25.8 Å². The number of benzene rings is 1. The Hall–Kier alpha value is -1.84. The fourth-order valence-corrected chi connectivity index (χ4v) is 2.92. The van der Waals surface area contributed by atoms with Gasteiger partial charge in [-0.15, -0.1) is 0 Å². The molecule has 1 heterocycles. The van der Waals surface area contributed by atoms with Gasteiger partial charge in [0.05, 0.1) is 17.7 Å². The first-order chi connectivity index (χ1) is 8.76. The lowest BCUT2D eigenvalue weighted by molar-refractivity contribution is -0.138. The van der Waals surface area contributed by atoms with Crippen molar-refractivity contribution in [3.05, 3.63) is 35.9 Å². The van der Waals surface area contributed by atoms with Crippen LogP contribution >= 0.6 is 0 Å². The predicted octanol–water partition coefficient (Wildman–Crippen LogP) is 2.03. The van der Waals surface area contributed by atoms with Gasteiger partial charge in [0.15, 0.2) is 0 Å². The number of amides is 1. The highest BCUT2D eigenvalue weighted by Gasteiger charge is 2.55. The van der Waals surface area contributed by atoms with Crippen LogP contribution in [0.4, 0.5) is 0 Å². The lowest BCUT2D eigenvalue weighted by Crippen LogP contribution is -2.42. The molecule has 1 spiro atoms. The number of hydrogen-bond donors (Lipinski definition) is 1. The van der Waals surface area contributed by atoms with Gasteiger partial charge in [-0.1, -0.05) is 41.9 Å². The fourth-order valence-electron chi connectivity index (χ4n) is 2.92. The molecular weight excluding hydrogens is 228 g/mol. The molecule has 2 aliphatic rings. The summed E-state index contributed by atoms with van der Waals surface area (Å²) in [7, 11) is 0. The van der Waals surface area contributed by atoms with Crippen LogP contribution in [0, 0.1) is 5.41 Å². The largest absolute Gasteiger partial charge is 0.411 e. The number of hydrogen-bond acceptors (Lipinski definition) is 3. The number of carbonyl (C=O) groups is 1. The third kappa shape index (κ3) is 1.52. The minimum absolute atomic E-state index is 0.130. The average molecular weight is 244 g/mol. The van der Waals surface area contributed by atoms with Crippen molar-refractivity contribution >= 4 is 11.6 Å². The summed E-state index contributed by atoms with van der Waals surface area (Å²) in [4.78, 5) is 14.2. The van der Waals surface area contributed by atoms with Crippen molar-refractivity contribution in [2.75, 3.05) is 6.54 Å². The predicted molar refractivity (Wildman–Crippen MR) is 67.4 cm³/mol. The van der Waals surface area contributed by atoms with Gasteiger partial charge >= 0.3 is 0 Å². The highest BCUT2D eigenvalue weighted by Crippen LogP contribution is 2.47. The van der Waals surface area contributed by atoms with Crippen molar-refractivity contribution in [1.82, 2.24) is 4.90 Å². The molecule has 94 valence electrons. The molecule has 1 aromatic rings. The molecule has 0 bridgehead atoms. The van der Waals surface area contributed by atoms with Gasteiger partial charge < -0.3 is 10.1 Å². The maximum atomic E-state index is 12.4. The molecule has 1 aromatic carbocycles. The van der Waals surface area contributed by atoms with Crippen LogP contribution in [0.3, 0.4) is 0 Å². The molecule has 4 heteroatoms. The summed E-state index contributed by atoms with van der Waals surface area (Å²) in [5, 5.41) is 12.4. The Morgan fingerprint density at radius 3 is 2.50 bits per heavy atom. The molecule has 1 aliphatic heterocycles. The first kappa shape index (κ1) is 11.3. The summed E-state index contributed by atoms with van der Waals surface area (Å²) in [5.41, 5.74) is 1.29. The van der Waals surface area contributed by atoms with Gasteiger partial charge in [0.1, 0.15) is 0 Å². The van der Waals surface area contributed by atoms with Gasteiger partial charge in [-0.05, 0) is 18.4 Å². The fraction of sp³-hybridized carbons (Fsp3) is 0.429. The quantitative estimate of drug-likeness (QED) is 0.639. The van der Waals surface area contributed by atoms with E-state index in [1.54, 1.807) is 4.90 Å². The van der Waals surface area contributed by atoms with E-state index in [1.807, 2.05) is 30.3 Å². The van der Waals surface area contributed by atoms with Gasteiger partial charge in [0.2, 0.25) is 5.91 Å². The number of oxime groups is 1. The standard InChI is InChI=1S/C14H16N2O2/c17-13-14(7-4-8-14)12(15-18)10-16(13)9-11-5-2-1-3-6-11/h1-3,5-6,18H,4,7-10H2. The van der Waals surface area contributed by atoms with E-state index in [1.165, 1.54) is 0 Å². The molecule has 1 saturated carbocycles. The molecule has 4 nitrogen and oxygen atoms in total. The molecule has 1 amide bonds. The molecule has 0 radical (unpaired) electrons. The lowest BCUT2D eigenvalue weighted by atomic mass is 9.66. The van der Waals surface area contributed by atoms with Gasteiger partial charge in [0.25, 0.3) is 0 Å². The second kappa shape index (κ2) is 4.12. The Balaban J connectivity index is 1.81. The van der Waals surface area contributed by atoms with E-state index < -0.39 is 5.41 Å². The zero-order valence-corrected chi connectivity index (χ0v) is 10.2. The van der Waals surface area contributed by atoms with Gasteiger partial charge in [-0.25, -0.2) is 0 Å². The summed E-state index contributed by atoms with van der Waals surface area (Å²) in [6.45, 7) is 1.06. The van der Waals surface area contributed by atoms with E-state index >= 15 is 0 Å². The Morgan fingerprint density at radius 1 is 1.28 bits per heavy atom. The van der Waals surface area contributed by atoms with Crippen LogP contribution < -0.4 is 0 Å². The maximum absolute atomic E-state index is 12.4. The maximum Gasteiger partial charge on any atom is 0.235 e. The van der Waals surface area contributed by atoms with E-state index in [0.717, 1.165) is 24.8 Å². The van der Waals surface area contributed by atoms with E-state index in [-0.39, 0.29) is 5.91 Å². The van der Waals surface area contributed by atoms with Crippen LogP contribution in [0.15, 0.2) is 35.5 Å². The number of likely N-dealkylation sites (tertiary alicyclic amines) is 1. The SMILES string of the molecule is O=C1N(Cc2ccccc2)CC(=NO)C12CCC2. The second-order valence-corrected chi connectivity index (χ2v) is 5.13. The molecule has 2 fully saturated rings. The Morgan fingerprint density at radius 2 is 2.00 bits per heavy atom. The molecule has 3 rings (SSSR count). The molecule has 18 heavy (non-hydrogen) atoms. The summed E-state index contributed by atoms with van der Waals surface area (Å²) >= 11 is 0. The van der Waals surface area contributed by atoms with Crippen molar-refractivity contribution in [2.24, 2.45) is 10.6 Å². The summed E-state index contributed by atoms with van der Waals surface area (Å²) in [6.07, 6.45) is 2.71. The smallest absolute Gasteiger partial charge is 0.235 e. The van der Waals surface area contributed by atoms with E-state index in [9.17, 15) is 4.79 Å². The number of rotatable bonds is 2. The van der Waals surface area contributed by atoms with Crippen molar-refractivity contribution in [3.8, 4) is 0 Å². The van der Waals surface area contributed by atoms with Crippen LogP contribution in [-0.4, -0.2) is 28.3 Å². The zero-order chi connectivity index (χ0) is 12.6. The molecule has 0 atom stereocenters. The van der Waals surface area contributed by atoms with Crippen molar-refractivity contribution in [1.29, 1.82) is 0 Å². The highest BCUT2D eigenvalue weighted by molar-refractivity contribution is 6.15. The van der Waals surface area contributed by atoms with Gasteiger partial charge in [-0.3, -0.25) is 4.79 Å². The number of nitrogens with zero attached hydrogens (tertiary/aromatic N) is 2.